The van der Waals surface area contributed by atoms with Gasteiger partial charge in [0.1, 0.15) is 6.04 Å². The van der Waals surface area contributed by atoms with Crippen LogP contribution in [0.15, 0.2) is 0 Å². The van der Waals surface area contributed by atoms with Crippen LogP contribution in [0.5, 0.6) is 0 Å². The summed E-state index contributed by atoms with van der Waals surface area (Å²) in [7, 11) is 3.46. The zero-order valence-electron chi connectivity index (χ0n) is 6.37. The van der Waals surface area contributed by atoms with Gasteiger partial charge in [-0.15, -0.1) is 0 Å². The first-order chi connectivity index (χ1) is 4.59. The van der Waals surface area contributed by atoms with Crippen LogP contribution in [0.25, 0.3) is 0 Å². The van der Waals surface area contributed by atoms with E-state index < -0.39 is 12.0 Å². The molecule has 0 spiro atoms. The standard InChI is InChI=1S/C6H14N2O2/c1-8(2)5(3-4-7)6(9)10/h5H,3-4,7H2,1-2H3,(H,9,10). The molecule has 0 rings (SSSR count). The summed E-state index contributed by atoms with van der Waals surface area (Å²) in [5.41, 5.74) is 5.22. The lowest BCUT2D eigenvalue weighted by molar-refractivity contribution is -0.142. The molecule has 10 heavy (non-hydrogen) atoms. The second kappa shape index (κ2) is 4.24. The van der Waals surface area contributed by atoms with Crippen molar-refractivity contribution in [3.05, 3.63) is 0 Å². The Balaban J connectivity index is 3.85. The molecule has 0 saturated heterocycles. The largest absolute Gasteiger partial charge is 0.480 e. The molecule has 0 aliphatic rings. The first-order valence-corrected chi connectivity index (χ1v) is 3.19. The first kappa shape index (κ1) is 9.39. The van der Waals surface area contributed by atoms with E-state index in [-0.39, 0.29) is 0 Å². The quantitative estimate of drug-likeness (QED) is 0.553. The van der Waals surface area contributed by atoms with E-state index in [2.05, 4.69) is 0 Å². The molecule has 0 saturated carbocycles. The Hall–Kier alpha value is -0.610. The maximum atomic E-state index is 10.4. The zero-order valence-corrected chi connectivity index (χ0v) is 6.37. The zero-order chi connectivity index (χ0) is 8.15. The topological polar surface area (TPSA) is 66.6 Å². The molecule has 60 valence electrons. The smallest absolute Gasteiger partial charge is 0.320 e. The highest BCUT2D eigenvalue weighted by molar-refractivity contribution is 5.73. The maximum absolute atomic E-state index is 10.4. The van der Waals surface area contributed by atoms with Crippen molar-refractivity contribution in [1.29, 1.82) is 0 Å². The fourth-order valence-corrected chi connectivity index (χ4v) is 0.760. The number of carbonyl (C=O) groups is 1. The van der Waals surface area contributed by atoms with Gasteiger partial charge in [0, 0.05) is 0 Å². The molecular weight excluding hydrogens is 132 g/mol. The highest BCUT2D eigenvalue weighted by Crippen LogP contribution is 1.97. The molecule has 0 aromatic rings. The summed E-state index contributed by atoms with van der Waals surface area (Å²) >= 11 is 0. The maximum Gasteiger partial charge on any atom is 0.320 e. The minimum absolute atomic E-state index is 0.412. The molecule has 0 aromatic heterocycles. The lowest BCUT2D eigenvalue weighted by Crippen LogP contribution is -2.37. The molecule has 0 heterocycles. The number of nitrogens with two attached hydrogens (primary N) is 1. The van der Waals surface area contributed by atoms with Gasteiger partial charge in [-0.2, -0.15) is 0 Å². The second-order valence-corrected chi connectivity index (χ2v) is 2.39. The van der Waals surface area contributed by atoms with Crippen LogP contribution in [0, 0.1) is 0 Å². The number of hydrogen-bond acceptors (Lipinski definition) is 3. The minimum Gasteiger partial charge on any atom is -0.480 e. The highest BCUT2D eigenvalue weighted by Gasteiger charge is 2.17. The lowest BCUT2D eigenvalue weighted by atomic mass is 10.2. The third kappa shape index (κ3) is 2.80. The molecule has 0 aliphatic heterocycles. The molecule has 0 amide bonds. The molecule has 3 N–H and O–H groups in total. The molecule has 0 radical (unpaired) electrons. The van der Waals surface area contributed by atoms with Crippen LogP contribution in [-0.4, -0.2) is 42.7 Å². The fourth-order valence-electron chi connectivity index (χ4n) is 0.760. The molecule has 0 aliphatic carbocycles. The number of hydrogen-bond donors (Lipinski definition) is 2. The van der Waals surface area contributed by atoms with E-state index in [0.29, 0.717) is 13.0 Å². The summed E-state index contributed by atoms with van der Waals surface area (Å²) in [6, 6.07) is -0.440. The molecule has 0 bridgehead atoms. The van der Waals surface area contributed by atoms with E-state index in [4.69, 9.17) is 10.8 Å². The lowest BCUT2D eigenvalue weighted by Gasteiger charge is -2.18. The average molecular weight is 146 g/mol. The van der Waals surface area contributed by atoms with Gasteiger partial charge in [-0.05, 0) is 27.1 Å². The Labute approximate surface area is 60.6 Å². The molecule has 0 aromatic carbocycles. The molecular formula is C6H14N2O2. The second-order valence-electron chi connectivity index (χ2n) is 2.39. The van der Waals surface area contributed by atoms with Crippen LogP contribution >= 0.6 is 0 Å². The van der Waals surface area contributed by atoms with Crippen molar-refractivity contribution in [3.63, 3.8) is 0 Å². The van der Waals surface area contributed by atoms with E-state index in [1.54, 1.807) is 19.0 Å². The van der Waals surface area contributed by atoms with Crippen LogP contribution in [0.1, 0.15) is 6.42 Å². The monoisotopic (exact) mass is 146 g/mol. The van der Waals surface area contributed by atoms with Crippen molar-refractivity contribution in [1.82, 2.24) is 4.90 Å². The fraction of sp³-hybridized carbons (Fsp3) is 0.833. The summed E-state index contributed by atoms with van der Waals surface area (Å²) in [5, 5.41) is 8.58. The summed E-state index contributed by atoms with van der Waals surface area (Å²) in [5.74, 6) is -0.810. The number of carboxylic acids is 1. The predicted octanol–water partition coefficient (Wildman–Crippen LogP) is -0.650. The van der Waals surface area contributed by atoms with Gasteiger partial charge in [-0.1, -0.05) is 0 Å². The van der Waals surface area contributed by atoms with Gasteiger partial charge in [0.05, 0.1) is 0 Å². The Morgan fingerprint density at radius 1 is 1.70 bits per heavy atom. The Morgan fingerprint density at radius 2 is 2.20 bits per heavy atom. The predicted molar refractivity (Wildman–Crippen MR) is 38.8 cm³/mol. The van der Waals surface area contributed by atoms with Gasteiger partial charge >= 0.3 is 5.97 Å². The SMILES string of the molecule is CN(C)C(CCN)C(=O)O. The number of aliphatic carboxylic acids is 1. The Morgan fingerprint density at radius 3 is 2.30 bits per heavy atom. The van der Waals surface area contributed by atoms with Gasteiger partial charge in [-0.3, -0.25) is 9.69 Å². The molecule has 4 heteroatoms. The molecule has 4 nitrogen and oxygen atoms in total. The minimum atomic E-state index is -0.810. The van der Waals surface area contributed by atoms with Gasteiger partial charge in [0.2, 0.25) is 0 Å². The number of nitrogens with zero attached hydrogens (tertiary/aromatic N) is 1. The van der Waals surface area contributed by atoms with Crippen LogP contribution in [0.4, 0.5) is 0 Å². The van der Waals surface area contributed by atoms with E-state index in [9.17, 15) is 4.79 Å². The van der Waals surface area contributed by atoms with E-state index >= 15 is 0 Å². The van der Waals surface area contributed by atoms with Crippen molar-refractivity contribution in [2.75, 3.05) is 20.6 Å². The van der Waals surface area contributed by atoms with Crippen LogP contribution in [0.2, 0.25) is 0 Å². The van der Waals surface area contributed by atoms with Crippen LogP contribution in [0.3, 0.4) is 0 Å². The van der Waals surface area contributed by atoms with E-state index in [1.807, 2.05) is 0 Å². The first-order valence-electron chi connectivity index (χ1n) is 3.19. The van der Waals surface area contributed by atoms with Gasteiger partial charge in [0.25, 0.3) is 0 Å². The van der Waals surface area contributed by atoms with Crippen molar-refractivity contribution >= 4 is 5.97 Å². The Kier molecular flexibility index (Phi) is 3.99. The van der Waals surface area contributed by atoms with E-state index in [0.717, 1.165) is 0 Å². The van der Waals surface area contributed by atoms with Crippen molar-refractivity contribution in [2.45, 2.75) is 12.5 Å². The van der Waals surface area contributed by atoms with Crippen molar-refractivity contribution < 1.29 is 9.90 Å². The van der Waals surface area contributed by atoms with E-state index in [1.165, 1.54) is 0 Å². The number of rotatable bonds is 4. The summed E-state index contributed by atoms with van der Waals surface area (Å²) in [6.07, 6.45) is 0.502. The molecule has 0 fully saturated rings. The summed E-state index contributed by atoms with van der Waals surface area (Å²) < 4.78 is 0. The molecule has 1 atom stereocenters. The highest BCUT2D eigenvalue weighted by atomic mass is 16.4. The molecule has 1 unspecified atom stereocenters. The Bertz CT molecular complexity index is 114. The van der Waals surface area contributed by atoms with Crippen molar-refractivity contribution in [2.24, 2.45) is 5.73 Å². The van der Waals surface area contributed by atoms with Gasteiger partial charge in [0.15, 0.2) is 0 Å². The summed E-state index contributed by atoms with van der Waals surface area (Å²) in [4.78, 5) is 12.1. The van der Waals surface area contributed by atoms with Crippen LogP contribution in [-0.2, 0) is 4.79 Å². The normalized spacial score (nSPS) is 13.6. The third-order valence-electron chi connectivity index (χ3n) is 1.35. The average Bonchev–Trinajstić information content (AvgIpc) is 1.81. The van der Waals surface area contributed by atoms with Crippen LogP contribution < -0.4 is 5.73 Å². The van der Waals surface area contributed by atoms with Gasteiger partial charge in [-0.25, -0.2) is 0 Å². The summed E-state index contributed by atoms with van der Waals surface area (Å²) in [6.45, 7) is 0.412. The van der Waals surface area contributed by atoms with Gasteiger partial charge < -0.3 is 10.8 Å². The van der Waals surface area contributed by atoms with Crippen molar-refractivity contribution in [3.8, 4) is 0 Å². The third-order valence-corrected chi connectivity index (χ3v) is 1.35. The number of carboxylic acid groups (broad SMARTS) is 1. The number of likely N-dealkylation sites (N-methyl/N-ethyl adjacent to an activating group) is 1.